The maximum atomic E-state index is 13.8. The van der Waals surface area contributed by atoms with Crippen LogP contribution in [-0.2, 0) is 6.54 Å². The summed E-state index contributed by atoms with van der Waals surface area (Å²) in [4.78, 5) is 15.1. The van der Waals surface area contributed by atoms with Crippen LogP contribution in [0.1, 0.15) is 16.1 Å². The third-order valence-corrected chi connectivity index (χ3v) is 3.10. The molecular weight excluding hydrogens is 271 g/mol. The molecule has 0 unspecified atom stereocenters. The van der Waals surface area contributed by atoms with Crippen LogP contribution >= 0.6 is 0 Å². The maximum absolute atomic E-state index is 13.8. The molecule has 3 aromatic rings. The van der Waals surface area contributed by atoms with Gasteiger partial charge in [0.1, 0.15) is 5.82 Å². The van der Waals surface area contributed by atoms with Crippen LogP contribution in [0, 0.1) is 5.82 Å². The minimum Gasteiger partial charge on any atom is -0.296 e. The summed E-state index contributed by atoms with van der Waals surface area (Å²) in [5.74, 6) is -0.318. The van der Waals surface area contributed by atoms with E-state index in [2.05, 4.69) is 15.3 Å². The molecule has 0 radical (unpaired) electrons. The molecule has 2 heterocycles. The van der Waals surface area contributed by atoms with E-state index in [1.165, 1.54) is 10.7 Å². The van der Waals surface area contributed by atoms with Crippen molar-refractivity contribution in [3.63, 3.8) is 0 Å². The summed E-state index contributed by atoms with van der Waals surface area (Å²) in [6, 6.07) is 9.95. The Bertz CT molecular complexity index is 770. The summed E-state index contributed by atoms with van der Waals surface area (Å²) >= 11 is 0. The van der Waals surface area contributed by atoms with Gasteiger partial charge in [-0.2, -0.15) is 0 Å². The van der Waals surface area contributed by atoms with Crippen LogP contribution in [-0.4, -0.2) is 26.3 Å². The van der Waals surface area contributed by atoms with E-state index in [0.29, 0.717) is 17.5 Å². The van der Waals surface area contributed by atoms with E-state index in [0.717, 1.165) is 5.56 Å². The highest BCUT2D eigenvalue weighted by atomic mass is 19.1. The van der Waals surface area contributed by atoms with Crippen molar-refractivity contribution < 1.29 is 9.18 Å². The van der Waals surface area contributed by atoms with E-state index in [9.17, 15) is 9.18 Å². The van der Waals surface area contributed by atoms with Gasteiger partial charge >= 0.3 is 0 Å². The third-order valence-electron chi connectivity index (χ3n) is 3.10. The lowest BCUT2D eigenvalue weighted by molar-refractivity contribution is 0.111. The molecule has 0 N–H and O–H groups in total. The smallest absolute Gasteiger partial charge is 0.172 e. The van der Waals surface area contributed by atoms with Gasteiger partial charge in [0, 0.05) is 23.5 Å². The molecule has 104 valence electrons. The van der Waals surface area contributed by atoms with Crippen molar-refractivity contribution in [1.82, 2.24) is 20.0 Å². The van der Waals surface area contributed by atoms with E-state index in [4.69, 9.17) is 0 Å². The zero-order valence-electron chi connectivity index (χ0n) is 11.0. The van der Waals surface area contributed by atoms with E-state index in [1.807, 2.05) is 0 Å². The van der Waals surface area contributed by atoms with Crippen LogP contribution in [0.5, 0.6) is 0 Å². The Morgan fingerprint density at radius 2 is 1.90 bits per heavy atom. The first kappa shape index (κ1) is 13.1. The number of halogens is 1. The largest absolute Gasteiger partial charge is 0.296 e. The highest BCUT2D eigenvalue weighted by molar-refractivity contribution is 5.83. The fourth-order valence-corrected chi connectivity index (χ4v) is 2.11. The molecule has 0 aliphatic rings. The highest BCUT2D eigenvalue weighted by Gasteiger charge is 2.15. The summed E-state index contributed by atoms with van der Waals surface area (Å²) < 4.78 is 15.3. The third kappa shape index (κ3) is 2.55. The molecule has 0 atom stereocenters. The van der Waals surface area contributed by atoms with Gasteiger partial charge in [-0.3, -0.25) is 9.78 Å². The first-order chi connectivity index (χ1) is 10.3. The average Bonchev–Trinajstić information content (AvgIpc) is 2.93. The zero-order valence-corrected chi connectivity index (χ0v) is 11.0. The van der Waals surface area contributed by atoms with Gasteiger partial charge in [-0.1, -0.05) is 23.4 Å². The number of aromatic nitrogens is 4. The van der Waals surface area contributed by atoms with Crippen LogP contribution in [0.25, 0.3) is 11.3 Å². The van der Waals surface area contributed by atoms with Gasteiger partial charge < -0.3 is 0 Å². The van der Waals surface area contributed by atoms with Crippen LogP contribution in [0.3, 0.4) is 0 Å². The number of rotatable bonds is 4. The fourth-order valence-electron chi connectivity index (χ4n) is 2.11. The molecule has 6 heteroatoms. The van der Waals surface area contributed by atoms with E-state index in [1.54, 1.807) is 42.7 Å². The van der Waals surface area contributed by atoms with Crippen molar-refractivity contribution in [2.45, 2.75) is 6.54 Å². The van der Waals surface area contributed by atoms with Gasteiger partial charge in [-0.05, 0) is 18.2 Å². The maximum Gasteiger partial charge on any atom is 0.172 e. The van der Waals surface area contributed by atoms with Crippen LogP contribution in [0.2, 0.25) is 0 Å². The number of hydrogen-bond acceptors (Lipinski definition) is 4. The predicted molar refractivity (Wildman–Crippen MR) is 74.1 cm³/mol. The molecule has 0 bridgehead atoms. The molecule has 0 saturated carbocycles. The minimum absolute atomic E-state index is 0.200. The number of benzene rings is 1. The fraction of sp³-hybridized carbons (Fsp3) is 0.0667. The van der Waals surface area contributed by atoms with Crippen molar-refractivity contribution in [1.29, 1.82) is 0 Å². The molecule has 0 spiro atoms. The number of pyridine rings is 1. The van der Waals surface area contributed by atoms with Crippen molar-refractivity contribution in [3.05, 3.63) is 65.9 Å². The molecule has 0 aliphatic heterocycles. The first-order valence-electron chi connectivity index (χ1n) is 6.32. The number of hydrogen-bond donors (Lipinski definition) is 0. The van der Waals surface area contributed by atoms with Gasteiger partial charge in [0.2, 0.25) is 0 Å². The quantitative estimate of drug-likeness (QED) is 0.689. The Labute approximate surface area is 120 Å². The molecule has 5 nitrogen and oxygen atoms in total. The Kier molecular flexibility index (Phi) is 3.51. The second kappa shape index (κ2) is 5.62. The Balaban J connectivity index is 2.06. The Morgan fingerprint density at radius 3 is 2.62 bits per heavy atom. The van der Waals surface area contributed by atoms with Crippen molar-refractivity contribution in [2.75, 3.05) is 0 Å². The molecule has 0 fully saturated rings. The average molecular weight is 282 g/mol. The van der Waals surface area contributed by atoms with Crippen molar-refractivity contribution in [3.8, 4) is 11.3 Å². The lowest BCUT2D eigenvalue weighted by atomic mass is 10.1. The highest BCUT2D eigenvalue weighted by Crippen LogP contribution is 2.21. The van der Waals surface area contributed by atoms with E-state index < -0.39 is 0 Å². The molecule has 3 rings (SSSR count). The van der Waals surface area contributed by atoms with Crippen LogP contribution < -0.4 is 0 Å². The molecule has 1 aromatic carbocycles. The SMILES string of the molecule is O=Cc1nnn(Cc2ccccc2F)c1-c1ccncc1. The second-order valence-corrected chi connectivity index (χ2v) is 4.43. The van der Waals surface area contributed by atoms with Crippen molar-refractivity contribution in [2.24, 2.45) is 0 Å². The molecule has 0 saturated heterocycles. The molecular formula is C15H11FN4O. The molecule has 0 aliphatic carbocycles. The second-order valence-electron chi connectivity index (χ2n) is 4.43. The summed E-state index contributed by atoms with van der Waals surface area (Å²) in [5.41, 5.74) is 2.01. The topological polar surface area (TPSA) is 60.7 Å². The monoisotopic (exact) mass is 282 g/mol. The zero-order chi connectivity index (χ0) is 14.7. The van der Waals surface area contributed by atoms with Gasteiger partial charge in [0.15, 0.2) is 12.0 Å². The lowest BCUT2D eigenvalue weighted by Crippen LogP contribution is -2.06. The van der Waals surface area contributed by atoms with Crippen molar-refractivity contribution >= 4 is 6.29 Å². The van der Waals surface area contributed by atoms with Gasteiger partial charge in [0.25, 0.3) is 0 Å². The standard InChI is InChI=1S/C15H11FN4O/c16-13-4-2-1-3-12(13)9-20-15(14(10-21)18-19-20)11-5-7-17-8-6-11/h1-8,10H,9H2. The normalized spacial score (nSPS) is 10.5. The summed E-state index contributed by atoms with van der Waals surface area (Å²) in [7, 11) is 0. The lowest BCUT2D eigenvalue weighted by Gasteiger charge is -2.07. The number of carbonyl (C=O) groups excluding carboxylic acids is 1. The Hall–Kier alpha value is -2.89. The minimum atomic E-state index is -0.318. The molecule has 21 heavy (non-hydrogen) atoms. The molecule has 0 amide bonds. The van der Waals surface area contributed by atoms with Crippen LogP contribution in [0.4, 0.5) is 4.39 Å². The first-order valence-corrected chi connectivity index (χ1v) is 6.32. The van der Waals surface area contributed by atoms with Gasteiger partial charge in [0.05, 0.1) is 12.2 Å². The summed E-state index contributed by atoms with van der Waals surface area (Å²) in [6.07, 6.45) is 3.87. The number of aldehydes is 1. The number of carbonyl (C=O) groups is 1. The predicted octanol–water partition coefficient (Wildman–Crippen LogP) is 2.34. The number of nitrogens with zero attached hydrogens (tertiary/aromatic N) is 4. The summed E-state index contributed by atoms with van der Waals surface area (Å²) in [5, 5.41) is 7.79. The van der Waals surface area contributed by atoms with Gasteiger partial charge in [-0.15, -0.1) is 5.10 Å². The van der Waals surface area contributed by atoms with Gasteiger partial charge in [-0.25, -0.2) is 9.07 Å². The summed E-state index contributed by atoms with van der Waals surface area (Å²) in [6.45, 7) is 0.200. The van der Waals surface area contributed by atoms with E-state index >= 15 is 0 Å². The Morgan fingerprint density at radius 1 is 1.14 bits per heavy atom. The van der Waals surface area contributed by atoms with E-state index in [-0.39, 0.29) is 18.1 Å². The van der Waals surface area contributed by atoms with Crippen LogP contribution in [0.15, 0.2) is 48.8 Å². The molecule has 2 aromatic heterocycles.